The van der Waals surface area contributed by atoms with Crippen LogP contribution in [0.2, 0.25) is 0 Å². The Hall–Kier alpha value is -2.08. The Morgan fingerprint density at radius 3 is 2.54 bits per heavy atom. The topological polar surface area (TPSA) is 60.5 Å². The molecule has 0 radical (unpaired) electrons. The quantitative estimate of drug-likeness (QED) is 0.918. The normalized spacial score (nSPS) is 14.5. The van der Waals surface area contributed by atoms with Crippen LogP contribution < -0.4 is 14.8 Å². The highest BCUT2D eigenvalue weighted by Gasteiger charge is 2.23. The van der Waals surface area contributed by atoms with Crippen LogP contribution in [-0.4, -0.2) is 24.1 Å². The summed E-state index contributed by atoms with van der Waals surface area (Å²) in [5, 5.41) is 4.05. The summed E-state index contributed by atoms with van der Waals surface area (Å²) in [5.41, 5.74) is 1.79. The van der Waals surface area contributed by atoms with Crippen LogP contribution >= 0.6 is 11.3 Å². The summed E-state index contributed by atoms with van der Waals surface area (Å²) in [7, 11) is 0. The number of fused-ring (bicyclic) bond motifs is 1. The van der Waals surface area contributed by atoms with Gasteiger partial charge in [-0.1, -0.05) is 19.9 Å². The molecular weight excluding hydrogens is 324 g/mol. The van der Waals surface area contributed by atoms with E-state index in [0.717, 1.165) is 27.8 Å². The number of nitrogens with one attached hydrogen (secondary N) is 1. The number of aromatic nitrogens is 1. The Labute approximate surface area is 146 Å². The Morgan fingerprint density at radius 1 is 1.21 bits per heavy atom. The predicted octanol–water partition coefficient (Wildman–Crippen LogP) is 3.66. The van der Waals surface area contributed by atoms with Gasteiger partial charge in [-0.25, -0.2) is 4.98 Å². The monoisotopic (exact) mass is 346 g/mol. The first-order valence-electron chi connectivity index (χ1n) is 8.10. The lowest BCUT2D eigenvalue weighted by Crippen LogP contribution is -2.31. The predicted molar refractivity (Wildman–Crippen MR) is 94.1 cm³/mol. The molecule has 0 unspecified atom stereocenters. The molecule has 1 aliphatic heterocycles. The molecule has 1 N–H and O–H groups in total. The molecule has 0 spiro atoms. The lowest BCUT2D eigenvalue weighted by atomic mass is 9.95. The molecule has 5 nitrogen and oxygen atoms in total. The Balaban J connectivity index is 1.85. The maximum absolute atomic E-state index is 12.7. The summed E-state index contributed by atoms with van der Waals surface area (Å²) in [6.07, 6.45) is 0. The Morgan fingerprint density at radius 2 is 1.92 bits per heavy atom. The Kier molecular flexibility index (Phi) is 4.76. The average molecular weight is 346 g/mol. The SMILES string of the molecule is Cc1nc(C)c(C(=O)N[C@H](c2ccc3c(c2)OCCO3)C(C)C)s1. The molecule has 0 aliphatic carbocycles. The number of aryl methyl sites for hydroxylation is 2. The van der Waals surface area contributed by atoms with E-state index in [0.29, 0.717) is 18.1 Å². The van der Waals surface area contributed by atoms with E-state index >= 15 is 0 Å². The zero-order valence-electron chi connectivity index (χ0n) is 14.4. The number of rotatable bonds is 4. The van der Waals surface area contributed by atoms with E-state index in [1.54, 1.807) is 0 Å². The average Bonchev–Trinajstić information content (AvgIpc) is 2.90. The minimum absolute atomic E-state index is 0.0771. The highest BCUT2D eigenvalue weighted by molar-refractivity contribution is 7.13. The molecule has 6 heteroatoms. The van der Waals surface area contributed by atoms with Crippen LogP contribution in [0.15, 0.2) is 18.2 Å². The first-order chi connectivity index (χ1) is 11.5. The molecule has 2 heterocycles. The van der Waals surface area contributed by atoms with Crippen LogP contribution in [0.4, 0.5) is 0 Å². The summed E-state index contributed by atoms with van der Waals surface area (Å²) in [6.45, 7) is 9.08. The van der Waals surface area contributed by atoms with Crippen molar-refractivity contribution < 1.29 is 14.3 Å². The van der Waals surface area contributed by atoms with Gasteiger partial charge in [-0.3, -0.25) is 4.79 Å². The number of hydrogen-bond donors (Lipinski definition) is 1. The third-order valence-electron chi connectivity index (χ3n) is 3.99. The number of ether oxygens (including phenoxy) is 2. The third kappa shape index (κ3) is 3.38. The van der Waals surface area contributed by atoms with Gasteiger partial charge in [-0.05, 0) is 37.5 Å². The zero-order valence-corrected chi connectivity index (χ0v) is 15.2. The van der Waals surface area contributed by atoms with Crippen molar-refractivity contribution in [3.8, 4) is 11.5 Å². The maximum atomic E-state index is 12.7. The number of carbonyl (C=O) groups is 1. The van der Waals surface area contributed by atoms with Crippen LogP contribution in [0.3, 0.4) is 0 Å². The van der Waals surface area contributed by atoms with Gasteiger partial charge in [-0.15, -0.1) is 11.3 Å². The molecule has 1 amide bonds. The number of hydrogen-bond acceptors (Lipinski definition) is 5. The zero-order chi connectivity index (χ0) is 17.3. The summed E-state index contributed by atoms with van der Waals surface area (Å²) < 4.78 is 11.2. The highest BCUT2D eigenvalue weighted by Crippen LogP contribution is 2.34. The van der Waals surface area contributed by atoms with E-state index in [4.69, 9.17) is 9.47 Å². The van der Waals surface area contributed by atoms with E-state index in [1.165, 1.54) is 11.3 Å². The van der Waals surface area contributed by atoms with Gasteiger partial charge < -0.3 is 14.8 Å². The molecule has 1 aromatic carbocycles. The van der Waals surface area contributed by atoms with Gasteiger partial charge in [0.1, 0.15) is 18.1 Å². The number of benzene rings is 1. The lowest BCUT2D eigenvalue weighted by molar-refractivity contribution is 0.0928. The molecule has 1 atom stereocenters. The molecule has 0 bridgehead atoms. The van der Waals surface area contributed by atoms with Crippen molar-refractivity contribution in [2.45, 2.75) is 33.7 Å². The van der Waals surface area contributed by atoms with Crippen molar-refractivity contribution in [3.63, 3.8) is 0 Å². The van der Waals surface area contributed by atoms with Crippen LogP contribution in [0.25, 0.3) is 0 Å². The summed E-state index contributed by atoms with van der Waals surface area (Å²) in [6, 6.07) is 5.76. The largest absolute Gasteiger partial charge is 0.486 e. The van der Waals surface area contributed by atoms with Crippen LogP contribution in [0, 0.1) is 19.8 Å². The van der Waals surface area contributed by atoms with Gasteiger partial charge in [0.2, 0.25) is 0 Å². The molecular formula is C18H22N2O3S. The van der Waals surface area contributed by atoms with Gasteiger partial charge >= 0.3 is 0 Å². The molecule has 1 aromatic heterocycles. The van der Waals surface area contributed by atoms with E-state index < -0.39 is 0 Å². The fourth-order valence-electron chi connectivity index (χ4n) is 2.84. The van der Waals surface area contributed by atoms with Crippen LogP contribution in [-0.2, 0) is 0 Å². The molecule has 24 heavy (non-hydrogen) atoms. The fraction of sp³-hybridized carbons (Fsp3) is 0.444. The Bertz CT molecular complexity index is 755. The molecule has 1 aliphatic rings. The second-order valence-corrected chi connectivity index (χ2v) is 7.45. The van der Waals surface area contributed by atoms with Crippen LogP contribution in [0.5, 0.6) is 11.5 Å². The standard InChI is InChI=1S/C18H22N2O3S/c1-10(2)16(20-18(21)17-11(3)19-12(4)24-17)13-5-6-14-15(9-13)23-8-7-22-14/h5-6,9-10,16H,7-8H2,1-4H3,(H,20,21)/t16-/m0/s1. The van der Waals surface area contributed by atoms with Gasteiger partial charge in [0.05, 0.1) is 16.7 Å². The van der Waals surface area contributed by atoms with Crippen molar-refractivity contribution in [3.05, 3.63) is 39.3 Å². The van der Waals surface area contributed by atoms with Crippen molar-refractivity contribution in [2.24, 2.45) is 5.92 Å². The van der Waals surface area contributed by atoms with E-state index in [9.17, 15) is 4.79 Å². The van der Waals surface area contributed by atoms with E-state index in [2.05, 4.69) is 24.1 Å². The molecule has 2 aromatic rings. The molecule has 3 rings (SSSR count). The van der Waals surface area contributed by atoms with E-state index in [-0.39, 0.29) is 17.9 Å². The van der Waals surface area contributed by atoms with Gasteiger partial charge in [0, 0.05) is 0 Å². The number of amides is 1. The minimum atomic E-state index is -0.102. The summed E-state index contributed by atoms with van der Waals surface area (Å²) in [4.78, 5) is 17.7. The minimum Gasteiger partial charge on any atom is -0.486 e. The third-order valence-corrected chi connectivity index (χ3v) is 5.06. The highest BCUT2D eigenvalue weighted by atomic mass is 32.1. The number of thiazole rings is 1. The smallest absolute Gasteiger partial charge is 0.263 e. The van der Waals surface area contributed by atoms with Crippen molar-refractivity contribution in [1.82, 2.24) is 10.3 Å². The van der Waals surface area contributed by atoms with Crippen molar-refractivity contribution >= 4 is 17.2 Å². The molecule has 0 saturated carbocycles. The molecule has 0 saturated heterocycles. The number of nitrogens with zero attached hydrogens (tertiary/aromatic N) is 1. The van der Waals surface area contributed by atoms with Crippen molar-refractivity contribution in [2.75, 3.05) is 13.2 Å². The second-order valence-electron chi connectivity index (χ2n) is 6.25. The lowest BCUT2D eigenvalue weighted by Gasteiger charge is -2.25. The molecule has 128 valence electrons. The molecule has 0 fully saturated rings. The van der Waals surface area contributed by atoms with Crippen LogP contribution in [0.1, 0.15) is 45.8 Å². The second kappa shape index (κ2) is 6.81. The maximum Gasteiger partial charge on any atom is 0.263 e. The van der Waals surface area contributed by atoms with E-state index in [1.807, 2.05) is 32.0 Å². The summed E-state index contributed by atoms with van der Waals surface area (Å²) >= 11 is 1.43. The van der Waals surface area contributed by atoms with Gasteiger partial charge in [0.15, 0.2) is 11.5 Å². The van der Waals surface area contributed by atoms with Gasteiger partial charge in [-0.2, -0.15) is 0 Å². The summed E-state index contributed by atoms with van der Waals surface area (Å²) in [5.74, 6) is 1.66. The first kappa shape index (κ1) is 16.8. The number of carbonyl (C=O) groups excluding carboxylic acids is 1. The van der Waals surface area contributed by atoms with Gasteiger partial charge in [0.25, 0.3) is 5.91 Å². The first-order valence-corrected chi connectivity index (χ1v) is 8.92. The fourth-order valence-corrected chi connectivity index (χ4v) is 3.66. The van der Waals surface area contributed by atoms with Crippen molar-refractivity contribution in [1.29, 1.82) is 0 Å².